The Hall–Kier alpha value is -1.31. The van der Waals surface area contributed by atoms with E-state index in [0.717, 1.165) is 6.42 Å². The Labute approximate surface area is 85.3 Å². The van der Waals surface area contributed by atoms with Gasteiger partial charge in [0.25, 0.3) is 0 Å². The minimum absolute atomic E-state index is 0.0531. The maximum absolute atomic E-state index is 11.4. The molecule has 1 rings (SSSR count). The highest BCUT2D eigenvalue weighted by Gasteiger charge is 2.11. The fraction of sp³-hybridized carbons (Fsp3) is 0.417. The Morgan fingerprint density at radius 3 is 2.57 bits per heavy atom. The number of nitrogens with one attached hydrogen (secondary N) is 1. The SMILES string of the molecule is CCNC(=O)[C@H](C)Cc1ccccc1. The van der Waals surface area contributed by atoms with Crippen molar-refractivity contribution in [2.75, 3.05) is 6.54 Å². The van der Waals surface area contributed by atoms with Gasteiger partial charge in [-0.15, -0.1) is 0 Å². The van der Waals surface area contributed by atoms with Gasteiger partial charge in [-0.2, -0.15) is 0 Å². The van der Waals surface area contributed by atoms with E-state index < -0.39 is 0 Å². The maximum Gasteiger partial charge on any atom is 0.223 e. The summed E-state index contributed by atoms with van der Waals surface area (Å²) < 4.78 is 0. The summed E-state index contributed by atoms with van der Waals surface area (Å²) in [7, 11) is 0. The summed E-state index contributed by atoms with van der Waals surface area (Å²) in [6, 6.07) is 10.1. The van der Waals surface area contributed by atoms with E-state index in [-0.39, 0.29) is 11.8 Å². The molecular weight excluding hydrogens is 174 g/mol. The lowest BCUT2D eigenvalue weighted by molar-refractivity contribution is -0.124. The third kappa shape index (κ3) is 3.21. The average Bonchev–Trinajstić information content (AvgIpc) is 2.19. The summed E-state index contributed by atoms with van der Waals surface area (Å²) in [5, 5.41) is 2.83. The van der Waals surface area contributed by atoms with Crippen molar-refractivity contribution in [1.29, 1.82) is 0 Å². The lowest BCUT2D eigenvalue weighted by Crippen LogP contribution is -2.29. The Bertz CT molecular complexity index is 282. The summed E-state index contributed by atoms with van der Waals surface area (Å²) in [6.45, 7) is 4.60. The van der Waals surface area contributed by atoms with Crippen LogP contribution in [0.25, 0.3) is 0 Å². The second kappa shape index (κ2) is 5.43. The second-order valence-electron chi connectivity index (χ2n) is 3.49. The van der Waals surface area contributed by atoms with E-state index in [4.69, 9.17) is 0 Å². The van der Waals surface area contributed by atoms with Gasteiger partial charge in [-0.3, -0.25) is 4.79 Å². The molecule has 1 aromatic rings. The zero-order valence-electron chi connectivity index (χ0n) is 8.79. The van der Waals surface area contributed by atoms with Crippen LogP contribution in [0.3, 0.4) is 0 Å². The van der Waals surface area contributed by atoms with Crippen LogP contribution in [0.4, 0.5) is 0 Å². The molecule has 0 saturated carbocycles. The fourth-order valence-corrected chi connectivity index (χ4v) is 1.41. The monoisotopic (exact) mass is 191 g/mol. The Morgan fingerprint density at radius 1 is 1.36 bits per heavy atom. The van der Waals surface area contributed by atoms with Gasteiger partial charge in [0.2, 0.25) is 5.91 Å². The fourth-order valence-electron chi connectivity index (χ4n) is 1.41. The zero-order chi connectivity index (χ0) is 10.4. The third-order valence-corrected chi connectivity index (χ3v) is 2.18. The van der Waals surface area contributed by atoms with E-state index in [2.05, 4.69) is 17.4 Å². The molecule has 0 fully saturated rings. The third-order valence-electron chi connectivity index (χ3n) is 2.18. The van der Waals surface area contributed by atoms with E-state index in [1.54, 1.807) is 0 Å². The number of benzene rings is 1. The zero-order valence-corrected chi connectivity index (χ0v) is 8.79. The van der Waals surface area contributed by atoms with Gasteiger partial charge in [-0.1, -0.05) is 37.3 Å². The predicted molar refractivity (Wildman–Crippen MR) is 58.0 cm³/mol. The standard InChI is InChI=1S/C12H17NO/c1-3-13-12(14)10(2)9-11-7-5-4-6-8-11/h4-8,10H,3,9H2,1-2H3,(H,13,14)/t10-/m1/s1. The van der Waals surface area contributed by atoms with Crippen molar-refractivity contribution in [2.24, 2.45) is 5.92 Å². The highest BCUT2D eigenvalue weighted by atomic mass is 16.1. The maximum atomic E-state index is 11.4. The molecule has 2 heteroatoms. The molecule has 1 amide bonds. The molecule has 0 spiro atoms. The molecule has 0 aliphatic heterocycles. The second-order valence-corrected chi connectivity index (χ2v) is 3.49. The van der Waals surface area contributed by atoms with Crippen molar-refractivity contribution >= 4 is 5.91 Å². The van der Waals surface area contributed by atoms with Gasteiger partial charge >= 0.3 is 0 Å². The van der Waals surface area contributed by atoms with Gasteiger partial charge in [0.15, 0.2) is 0 Å². The first-order valence-electron chi connectivity index (χ1n) is 5.05. The molecule has 2 nitrogen and oxygen atoms in total. The number of rotatable bonds is 4. The number of hydrogen-bond acceptors (Lipinski definition) is 1. The quantitative estimate of drug-likeness (QED) is 0.775. The first-order chi connectivity index (χ1) is 6.74. The summed E-state index contributed by atoms with van der Waals surface area (Å²) >= 11 is 0. The summed E-state index contributed by atoms with van der Waals surface area (Å²) in [5.74, 6) is 0.189. The van der Waals surface area contributed by atoms with Crippen LogP contribution in [0.15, 0.2) is 30.3 Å². The van der Waals surface area contributed by atoms with Gasteiger partial charge in [0, 0.05) is 12.5 Å². The predicted octanol–water partition coefficient (Wildman–Crippen LogP) is 2.00. The van der Waals surface area contributed by atoms with Crippen molar-refractivity contribution in [2.45, 2.75) is 20.3 Å². The minimum Gasteiger partial charge on any atom is -0.356 e. The number of carbonyl (C=O) groups excluding carboxylic acids is 1. The molecule has 76 valence electrons. The topological polar surface area (TPSA) is 29.1 Å². The number of hydrogen-bond donors (Lipinski definition) is 1. The molecule has 1 atom stereocenters. The molecule has 1 N–H and O–H groups in total. The van der Waals surface area contributed by atoms with Gasteiger partial charge in [0.1, 0.15) is 0 Å². The first kappa shape index (κ1) is 10.8. The van der Waals surface area contributed by atoms with Gasteiger partial charge < -0.3 is 5.32 Å². The molecule has 0 unspecified atom stereocenters. The van der Waals surface area contributed by atoms with Crippen LogP contribution in [-0.4, -0.2) is 12.5 Å². The van der Waals surface area contributed by atoms with Crippen molar-refractivity contribution < 1.29 is 4.79 Å². The van der Waals surface area contributed by atoms with Crippen molar-refractivity contribution in [3.05, 3.63) is 35.9 Å². The van der Waals surface area contributed by atoms with Gasteiger partial charge in [0.05, 0.1) is 0 Å². The molecule has 0 aromatic heterocycles. The molecule has 1 aromatic carbocycles. The van der Waals surface area contributed by atoms with Gasteiger partial charge in [-0.25, -0.2) is 0 Å². The highest BCUT2D eigenvalue weighted by Crippen LogP contribution is 2.07. The van der Waals surface area contributed by atoms with Crippen molar-refractivity contribution in [3.63, 3.8) is 0 Å². The molecule has 14 heavy (non-hydrogen) atoms. The molecular formula is C12H17NO. The minimum atomic E-state index is 0.0531. The average molecular weight is 191 g/mol. The highest BCUT2D eigenvalue weighted by molar-refractivity contribution is 5.78. The normalized spacial score (nSPS) is 12.1. The van der Waals surface area contributed by atoms with Crippen molar-refractivity contribution in [1.82, 2.24) is 5.32 Å². The Kier molecular flexibility index (Phi) is 4.17. The van der Waals surface area contributed by atoms with E-state index >= 15 is 0 Å². The lowest BCUT2D eigenvalue weighted by Gasteiger charge is -2.10. The molecule has 0 bridgehead atoms. The van der Waals surface area contributed by atoms with E-state index in [0.29, 0.717) is 6.54 Å². The van der Waals surface area contributed by atoms with Crippen LogP contribution in [0.2, 0.25) is 0 Å². The van der Waals surface area contributed by atoms with Crippen LogP contribution in [0.5, 0.6) is 0 Å². The summed E-state index contributed by atoms with van der Waals surface area (Å²) in [4.78, 5) is 11.4. The van der Waals surface area contributed by atoms with Crippen LogP contribution >= 0.6 is 0 Å². The molecule has 0 radical (unpaired) electrons. The van der Waals surface area contributed by atoms with Crippen molar-refractivity contribution in [3.8, 4) is 0 Å². The van der Waals surface area contributed by atoms with Crippen LogP contribution in [-0.2, 0) is 11.2 Å². The Morgan fingerprint density at radius 2 is 2.00 bits per heavy atom. The van der Waals surface area contributed by atoms with E-state index in [1.165, 1.54) is 5.56 Å². The molecule has 0 aliphatic carbocycles. The van der Waals surface area contributed by atoms with Gasteiger partial charge in [-0.05, 0) is 18.9 Å². The summed E-state index contributed by atoms with van der Waals surface area (Å²) in [5.41, 5.74) is 1.21. The number of carbonyl (C=O) groups is 1. The van der Waals surface area contributed by atoms with Crippen LogP contribution < -0.4 is 5.32 Å². The van der Waals surface area contributed by atoms with Crippen LogP contribution in [0, 0.1) is 5.92 Å². The molecule has 0 heterocycles. The molecule has 0 aliphatic rings. The summed E-state index contributed by atoms with van der Waals surface area (Å²) in [6.07, 6.45) is 0.812. The van der Waals surface area contributed by atoms with Crippen LogP contribution in [0.1, 0.15) is 19.4 Å². The molecule has 0 saturated heterocycles. The Balaban J connectivity index is 2.49. The lowest BCUT2D eigenvalue weighted by atomic mass is 10.0. The smallest absolute Gasteiger partial charge is 0.223 e. The number of amides is 1. The van der Waals surface area contributed by atoms with E-state index in [1.807, 2.05) is 32.0 Å². The van der Waals surface area contributed by atoms with E-state index in [9.17, 15) is 4.79 Å². The first-order valence-corrected chi connectivity index (χ1v) is 5.05. The largest absolute Gasteiger partial charge is 0.356 e.